The Hall–Kier alpha value is -2.80. The van der Waals surface area contributed by atoms with E-state index in [9.17, 15) is 4.39 Å². The topological polar surface area (TPSA) is 64.9 Å². The molecule has 25 heavy (non-hydrogen) atoms. The summed E-state index contributed by atoms with van der Waals surface area (Å²) in [5.74, 6) is 0.268. The number of nitrogens with zero attached hydrogens (tertiary/aromatic N) is 4. The van der Waals surface area contributed by atoms with Gasteiger partial charge >= 0.3 is 0 Å². The molecule has 1 N–H and O–H groups in total. The van der Waals surface area contributed by atoms with Gasteiger partial charge < -0.3 is 10.1 Å². The quantitative estimate of drug-likeness (QED) is 0.791. The van der Waals surface area contributed by atoms with E-state index in [0.29, 0.717) is 17.7 Å². The minimum Gasteiger partial charge on any atom is -0.381 e. The van der Waals surface area contributed by atoms with Crippen molar-refractivity contribution in [1.82, 2.24) is 19.7 Å². The second-order valence-corrected chi connectivity index (χ2v) is 5.92. The van der Waals surface area contributed by atoms with E-state index in [1.165, 1.54) is 10.7 Å². The molecule has 3 aromatic rings. The highest BCUT2D eigenvalue weighted by molar-refractivity contribution is 5.58. The Labute approximate surface area is 144 Å². The van der Waals surface area contributed by atoms with Crippen LogP contribution < -0.4 is 5.32 Å². The molecular weight excluding hydrogens is 321 g/mol. The average Bonchev–Trinajstić information content (AvgIpc) is 3.13. The summed E-state index contributed by atoms with van der Waals surface area (Å²) in [5.41, 5.74) is 1.95. The van der Waals surface area contributed by atoms with Gasteiger partial charge in [0.25, 0.3) is 0 Å². The smallest absolute Gasteiger partial charge is 0.223 e. The van der Waals surface area contributed by atoms with Crippen molar-refractivity contribution < 1.29 is 9.13 Å². The Bertz CT molecular complexity index is 860. The summed E-state index contributed by atoms with van der Waals surface area (Å²) in [6.45, 7) is 1.51. The van der Waals surface area contributed by atoms with Gasteiger partial charge in [-0.25, -0.2) is 19.0 Å². The molecule has 0 spiro atoms. The molecule has 0 radical (unpaired) electrons. The highest BCUT2D eigenvalue weighted by Gasteiger charge is 2.15. The van der Waals surface area contributed by atoms with Crippen LogP contribution in [-0.2, 0) is 4.74 Å². The van der Waals surface area contributed by atoms with Crippen molar-refractivity contribution >= 4 is 5.95 Å². The van der Waals surface area contributed by atoms with Gasteiger partial charge in [-0.1, -0.05) is 12.1 Å². The molecule has 1 saturated heterocycles. The van der Waals surface area contributed by atoms with Gasteiger partial charge in [-0.3, -0.25) is 0 Å². The molecule has 1 aliphatic rings. The van der Waals surface area contributed by atoms with Gasteiger partial charge in [0.05, 0.1) is 11.9 Å². The summed E-state index contributed by atoms with van der Waals surface area (Å²) < 4.78 is 20.8. The Balaban J connectivity index is 1.56. The first-order chi connectivity index (χ1) is 12.3. The van der Waals surface area contributed by atoms with Crippen LogP contribution in [0.4, 0.5) is 10.3 Å². The molecule has 4 rings (SSSR count). The maximum atomic E-state index is 13.9. The van der Waals surface area contributed by atoms with Crippen LogP contribution in [-0.4, -0.2) is 39.0 Å². The summed E-state index contributed by atoms with van der Waals surface area (Å²) in [5, 5.41) is 7.60. The highest BCUT2D eigenvalue weighted by atomic mass is 19.1. The standard InChI is InChI=1S/C18H18FN5O/c19-15-3-1-2-4-17(15)24-12-13(11-21-24)16-5-8-20-18(23-16)22-14-6-9-25-10-7-14/h1-5,8,11-12,14H,6-7,9-10H2,(H,20,22,23). The fraction of sp³-hybridized carbons (Fsp3) is 0.278. The molecule has 0 unspecified atom stereocenters. The van der Waals surface area contributed by atoms with E-state index >= 15 is 0 Å². The molecule has 3 heterocycles. The van der Waals surface area contributed by atoms with Crippen LogP contribution in [0.3, 0.4) is 0 Å². The number of halogens is 1. The van der Waals surface area contributed by atoms with Crippen LogP contribution in [0, 0.1) is 5.82 Å². The summed E-state index contributed by atoms with van der Waals surface area (Å²) >= 11 is 0. The number of aromatic nitrogens is 4. The van der Waals surface area contributed by atoms with Gasteiger partial charge in [0.15, 0.2) is 0 Å². The zero-order valence-corrected chi connectivity index (χ0v) is 13.6. The van der Waals surface area contributed by atoms with Crippen molar-refractivity contribution in [2.45, 2.75) is 18.9 Å². The zero-order chi connectivity index (χ0) is 17.1. The van der Waals surface area contributed by atoms with Crippen LogP contribution in [0.15, 0.2) is 48.9 Å². The number of ether oxygens (including phenoxy) is 1. The van der Waals surface area contributed by atoms with Crippen molar-refractivity contribution in [3.8, 4) is 16.9 Å². The molecule has 1 fully saturated rings. The molecule has 0 aliphatic carbocycles. The Morgan fingerprint density at radius 3 is 2.84 bits per heavy atom. The molecule has 0 bridgehead atoms. The van der Waals surface area contributed by atoms with E-state index in [2.05, 4.69) is 20.4 Å². The zero-order valence-electron chi connectivity index (χ0n) is 13.6. The van der Waals surface area contributed by atoms with E-state index < -0.39 is 0 Å². The lowest BCUT2D eigenvalue weighted by Crippen LogP contribution is -2.28. The van der Waals surface area contributed by atoms with Gasteiger partial charge in [0.2, 0.25) is 5.95 Å². The third-order valence-electron chi connectivity index (χ3n) is 4.19. The average molecular weight is 339 g/mol. The Morgan fingerprint density at radius 2 is 2.00 bits per heavy atom. The predicted molar refractivity (Wildman–Crippen MR) is 92.0 cm³/mol. The molecule has 0 saturated carbocycles. The number of hydrogen-bond acceptors (Lipinski definition) is 5. The summed E-state index contributed by atoms with van der Waals surface area (Å²) in [6.07, 6.45) is 7.04. The predicted octanol–water partition coefficient (Wildman–Crippen LogP) is 3.06. The van der Waals surface area contributed by atoms with Crippen molar-refractivity contribution in [1.29, 1.82) is 0 Å². The van der Waals surface area contributed by atoms with Gasteiger partial charge in [0.1, 0.15) is 11.5 Å². The molecule has 0 atom stereocenters. The van der Waals surface area contributed by atoms with Crippen LogP contribution in [0.1, 0.15) is 12.8 Å². The van der Waals surface area contributed by atoms with Crippen molar-refractivity contribution in [3.05, 3.63) is 54.7 Å². The first-order valence-corrected chi connectivity index (χ1v) is 8.27. The van der Waals surface area contributed by atoms with Crippen LogP contribution in [0.5, 0.6) is 0 Å². The number of benzene rings is 1. The summed E-state index contributed by atoms with van der Waals surface area (Å²) in [6, 6.07) is 8.67. The van der Waals surface area contributed by atoms with Crippen LogP contribution >= 0.6 is 0 Å². The SMILES string of the molecule is Fc1ccccc1-n1cc(-c2ccnc(NC3CCOCC3)n2)cn1. The van der Waals surface area contributed by atoms with Crippen LogP contribution in [0.25, 0.3) is 16.9 Å². The Kier molecular flexibility index (Phi) is 4.39. The molecule has 128 valence electrons. The first-order valence-electron chi connectivity index (χ1n) is 8.27. The van der Waals surface area contributed by atoms with E-state index in [1.54, 1.807) is 36.8 Å². The molecule has 7 heteroatoms. The second kappa shape index (κ2) is 6.98. The lowest BCUT2D eigenvalue weighted by Gasteiger charge is -2.23. The number of hydrogen-bond donors (Lipinski definition) is 1. The first kappa shape index (κ1) is 15.7. The molecule has 1 aliphatic heterocycles. The number of para-hydroxylation sites is 1. The van der Waals surface area contributed by atoms with Crippen molar-refractivity contribution in [2.24, 2.45) is 0 Å². The van der Waals surface area contributed by atoms with Gasteiger partial charge in [-0.15, -0.1) is 0 Å². The molecule has 6 nitrogen and oxygen atoms in total. The monoisotopic (exact) mass is 339 g/mol. The molecule has 1 aromatic carbocycles. The largest absolute Gasteiger partial charge is 0.381 e. The van der Waals surface area contributed by atoms with Crippen molar-refractivity contribution in [2.75, 3.05) is 18.5 Å². The molecular formula is C18H18FN5O. The highest BCUT2D eigenvalue weighted by Crippen LogP contribution is 2.21. The fourth-order valence-corrected chi connectivity index (χ4v) is 2.84. The Morgan fingerprint density at radius 1 is 1.16 bits per heavy atom. The van der Waals surface area contributed by atoms with E-state index in [1.807, 2.05) is 6.07 Å². The number of rotatable bonds is 4. The number of anilines is 1. The lowest BCUT2D eigenvalue weighted by atomic mass is 10.1. The maximum absolute atomic E-state index is 13.9. The normalized spacial score (nSPS) is 15.2. The van der Waals surface area contributed by atoms with Crippen molar-refractivity contribution in [3.63, 3.8) is 0 Å². The van der Waals surface area contributed by atoms with E-state index in [-0.39, 0.29) is 5.82 Å². The third kappa shape index (κ3) is 3.51. The van der Waals surface area contributed by atoms with E-state index in [4.69, 9.17) is 4.74 Å². The summed E-state index contributed by atoms with van der Waals surface area (Å²) in [4.78, 5) is 8.84. The van der Waals surface area contributed by atoms with Gasteiger partial charge in [-0.05, 0) is 31.0 Å². The lowest BCUT2D eigenvalue weighted by molar-refractivity contribution is 0.0903. The fourth-order valence-electron chi connectivity index (χ4n) is 2.84. The van der Waals surface area contributed by atoms with Gasteiger partial charge in [-0.2, -0.15) is 5.10 Å². The minimum atomic E-state index is -0.318. The van der Waals surface area contributed by atoms with Gasteiger partial charge in [0, 0.05) is 37.2 Å². The van der Waals surface area contributed by atoms with E-state index in [0.717, 1.165) is 37.3 Å². The maximum Gasteiger partial charge on any atom is 0.223 e. The summed E-state index contributed by atoms with van der Waals surface area (Å²) in [7, 11) is 0. The molecule has 2 aromatic heterocycles. The second-order valence-electron chi connectivity index (χ2n) is 5.92. The molecule has 0 amide bonds. The van der Waals surface area contributed by atoms with Crippen LogP contribution in [0.2, 0.25) is 0 Å². The minimum absolute atomic E-state index is 0.318. The third-order valence-corrected chi connectivity index (χ3v) is 4.19. The number of nitrogens with one attached hydrogen (secondary N) is 1.